The van der Waals surface area contributed by atoms with Gasteiger partial charge in [-0.1, -0.05) is 6.07 Å². The molecule has 9 heteroatoms. The zero-order valence-electron chi connectivity index (χ0n) is 13.3. The molecule has 0 unspecified atom stereocenters. The Morgan fingerprint density at radius 3 is 1.91 bits per heavy atom. The molecule has 0 aliphatic carbocycles. The molecule has 0 spiro atoms. The molecule has 22 heavy (non-hydrogen) atoms. The first-order valence-electron chi connectivity index (χ1n) is 6.48. The molecule has 0 aromatic heterocycles. The summed E-state index contributed by atoms with van der Waals surface area (Å²) < 4.78 is 4.43. The van der Waals surface area contributed by atoms with E-state index < -0.39 is 23.4 Å². The number of nitrogens with zero attached hydrogens (tertiary/aromatic N) is 1. The normalized spacial score (nSPS) is 11.3. The van der Waals surface area contributed by atoms with Crippen molar-refractivity contribution in [1.29, 1.82) is 0 Å². The Kier molecular flexibility index (Phi) is 6.97. The fourth-order valence-electron chi connectivity index (χ4n) is 0.983. The predicted octanol–water partition coefficient (Wildman–Crippen LogP) is 0.780. The van der Waals surface area contributed by atoms with E-state index in [0.717, 1.165) is 0 Å². The molecule has 0 amide bonds. The number of nitro groups is 1. The lowest BCUT2D eigenvalue weighted by Gasteiger charge is -2.31. The minimum Gasteiger partial charge on any atom is -0.507 e. The summed E-state index contributed by atoms with van der Waals surface area (Å²) in [6, 6.07) is 4.18. The van der Waals surface area contributed by atoms with Crippen molar-refractivity contribution >= 4 is 13.0 Å². The monoisotopic (exact) mass is 315 g/mol. The maximum atomic E-state index is 10.5. The van der Waals surface area contributed by atoms with Gasteiger partial charge in [-0.15, -0.1) is 0 Å². The second-order valence-corrected chi connectivity index (χ2v) is 5.79. The van der Waals surface area contributed by atoms with Crippen LogP contribution >= 0.6 is 0 Å². The summed E-state index contributed by atoms with van der Waals surface area (Å²) >= 11 is 0. The molecule has 0 bridgehead atoms. The topological polar surface area (TPSA) is 133 Å². The van der Waals surface area contributed by atoms with Crippen LogP contribution in [-0.4, -0.2) is 43.7 Å². The summed E-state index contributed by atoms with van der Waals surface area (Å²) in [5, 5.41) is 45.7. The average molecular weight is 315 g/mol. The number of benzene rings is 1. The van der Waals surface area contributed by atoms with Crippen molar-refractivity contribution in [2.75, 3.05) is 0 Å². The van der Waals surface area contributed by atoms with Gasteiger partial charge in [0.25, 0.3) is 0 Å². The fourth-order valence-corrected chi connectivity index (χ4v) is 0.983. The van der Waals surface area contributed by atoms with Crippen molar-refractivity contribution in [3.63, 3.8) is 0 Å². The highest BCUT2D eigenvalue weighted by atomic mass is 16.6. The van der Waals surface area contributed by atoms with Crippen molar-refractivity contribution < 1.29 is 29.8 Å². The summed E-state index contributed by atoms with van der Waals surface area (Å²) in [4.78, 5) is 9.87. The van der Waals surface area contributed by atoms with Crippen LogP contribution < -0.4 is 4.65 Å². The van der Waals surface area contributed by atoms with Crippen LogP contribution in [0, 0.1) is 17.0 Å². The van der Waals surface area contributed by atoms with Gasteiger partial charge >= 0.3 is 13.0 Å². The second kappa shape index (κ2) is 7.55. The maximum absolute atomic E-state index is 10.5. The van der Waals surface area contributed by atoms with Crippen LogP contribution in [0.15, 0.2) is 18.2 Å². The molecule has 0 heterocycles. The summed E-state index contributed by atoms with van der Waals surface area (Å²) in [7, 11) is -2.06. The highest BCUT2D eigenvalue weighted by Gasteiger charge is 2.31. The third kappa shape index (κ3) is 6.86. The zero-order chi connectivity index (χ0) is 17.7. The van der Waals surface area contributed by atoms with Crippen LogP contribution in [0.25, 0.3) is 0 Å². The molecule has 124 valence electrons. The summed E-state index contributed by atoms with van der Waals surface area (Å²) in [5.74, 6) is -0.171. The molecular formula is C13H22BNO7. The molecule has 0 aliphatic heterocycles. The van der Waals surface area contributed by atoms with Crippen molar-refractivity contribution in [2.45, 2.75) is 45.8 Å². The lowest BCUT2D eigenvalue weighted by atomic mass is 9.90. The summed E-state index contributed by atoms with van der Waals surface area (Å²) in [5.41, 5.74) is -1.62. The Balaban J connectivity index is 0.000000472. The van der Waals surface area contributed by atoms with Crippen molar-refractivity contribution in [3.05, 3.63) is 33.9 Å². The second-order valence-electron chi connectivity index (χ2n) is 5.79. The molecule has 1 aromatic carbocycles. The van der Waals surface area contributed by atoms with Crippen LogP contribution in [0.2, 0.25) is 0 Å². The molecule has 4 N–H and O–H groups in total. The van der Waals surface area contributed by atoms with Crippen LogP contribution in [0.4, 0.5) is 5.69 Å². The van der Waals surface area contributed by atoms with Gasteiger partial charge in [0.15, 0.2) is 5.75 Å². The number of hydrogen-bond acceptors (Lipinski definition) is 7. The number of nitro benzene ring substituents is 1. The highest BCUT2D eigenvalue weighted by Crippen LogP contribution is 2.27. The van der Waals surface area contributed by atoms with Gasteiger partial charge in [0.2, 0.25) is 0 Å². The van der Waals surface area contributed by atoms with E-state index >= 15 is 0 Å². The molecule has 0 saturated carbocycles. The first-order chi connectivity index (χ1) is 9.75. The van der Waals surface area contributed by atoms with E-state index in [9.17, 15) is 10.1 Å². The smallest absolute Gasteiger partial charge is 0.507 e. The quantitative estimate of drug-likeness (QED) is 0.366. The Hall–Kier alpha value is -1.68. The van der Waals surface area contributed by atoms with Gasteiger partial charge in [0, 0.05) is 6.07 Å². The van der Waals surface area contributed by atoms with Gasteiger partial charge in [-0.2, -0.15) is 0 Å². The first-order valence-corrected chi connectivity index (χ1v) is 6.48. The van der Waals surface area contributed by atoms with Crippen molar-refractivity contribution in [2.24, 2.45) is 0 Å². The number of aryl methyl sites for hydroxylation is 1. The Bertz CT molecular complexity index is 494. The van der Waals surface area contributed by atoms with E-state index in [2.05, 4.69) is 4.65 Å². The van der Waals surface area contributed by atoms with Crippen molar-refractivity contribution in [3.8, 4) is 5.75 Å². The molecule has 0 fully saturated rings. The van der Waals surface area contributed by atoms with Gasteiger partial charge in [-0.25, -0.2) is 0 Å². The number of hydrogen-bond donors (Lipinski definition) is 4. The third-order valence-corrected chi connectivity index (χ3v) is 3.04. The van der Waals surface area contributed by atoms with E-state index in [0.29, 0.717) is 5.56 Å². The van der Waals surface area contributed by atoms with Crippen LogP contribution in [-0.2, 0) is 0 Å². The standard InChI is InChI=1S/C7H8BNO5.C6H14O2/c1-5-2-3-7(14-8(10)11)6(4-5)9(12)13;1-5(2,7)6(3,4)8/h2-4,10-11H,1H3;7-8H,1-4H3. The third-order valence-electron chi connectivity index (χ3n) is 3.04. The molecule has 0 radical (unpaired) electrons. The van der Waals surface area contributed by atoms with E-state index in [1.54, 1.807) is 40.7 Å². The predicted molar refractivity (Wildman–Crippen MR) is 81.2 cm³/mol. The lowest BCUT2D eigenvalue weighted by molar-refractivity contribution is -0.385. The first kappa shape index (κ1) is 20.3. The minimum atomic E-state index is -2.06. The molecule has 0 aliphatic rings. The van der Waals surface area contributed by atoms with Gasteiger partial charge < -0.3 is 24.9 Å². The van der Waals surface area contributed by atoms with Crippen LogP contribution in [0.3, 0.4) is 0 Å². The molecular weight excluding hydrogens is 293 g/mol. The maximum Gasteiger partial charge on any atom is 0.707 e. The highest BCUT2D eigenvalue weighted by molar-refractivity contribution is 6.33. The van der Waals surface area contributed by atoms with Gasteiger partial charge in [-0.3, -0.25) is 10.1 Å². The number of aliphatic hydroxyl groups is 2. The Morgan fingerprint density at radius 1 is 1.14 bits per heavy atom. The molecule has 0 atom stereocenters. The van der Waals surface area contributed by atoms with E-state index in [-0.39, 0.29) is 11.4 Å². The number of rotatable bonds is 4. The van der Waals surface area contributed by atoms with E-state index in [4.69, 9.17) is 20.3 Å². The van der Waals surface area contributed by atoms with Gasteiger partial charge in [0.1, 0.15) is 0 Å². The average Bonchev–Trinajstić information content (AvgIpc) is 2.28. The van der Waals surface area contributed by atoms with E-state index in [1.165, 1.54) is 12.1 Å². The Labute approximate surface area is 129 Å². The summed E-state index contributed by atoms with van der Waals surface area (Å²) in [6.07, 6.45) is 0. The van der Waals surface area contributed by atoms with Crippen LogP contribution in [0.1, 0.15) is 33.3 Å². The van der Waals surface area contributed by atoms with Crippen LogP contribution in [0.5, 0.6) is 5.75 Å². The van der Waals surface area contributed by atoms with Gasteiger partial charge in [0.05, 0.1) is 16.1 Å². The van der Waals surface area contributed by atoms with Gasteiger partial charge in [-0.05, 0) is 46.2 Å². The SMILES string of the molecule is CC(C)(O)C(C)(C)O.Cc1ccc(OB(O)O)c([N+](=O)[O-])c1. The molecule has 1 aromatic rings. The largest absolute Gasteiger partial charge is 0.707 e. The van der Waals surface area contributed by atoms with Crippen molar-refractivity contribution in [1.82, 2.24) is 0 Å². The summed E-state index contributed by atoms with van der Waals surface area (Å²) in [6.45, 7) is 7.99. The zero-order valence-corrected chi connectivity index (χ0v) is 13.3. The minimum absolute atomic E-state index is 0.171. The Morgan fingerprint density at radius 2 is 1.59 bits per heavy atom. The molecule has 0 saturated heterocycles. The molecule has 8 nitrogen and oxygen atoms in total. The fraction of sp³-hybridized carbons (Fsp3) is 0.538. The molecule has 1 rings (SSSR count). The lowest BCUT2D eigenvalue weighted by Crippen LogP contribution is -2.44. The van der Waals surface area contributed by atoms with E-state index in [1.807, 2.05) is 0 Å².